The molecule has 0 aliphatic heterocycles. The molecule has 0 aliphatic carbocycles. The van der Waals surface area contributed by atoms with E-state index in [0.717, 1.165) is 0 Å². The van der Waals surface area contributed by atoms with Crippen LogP contribution in [0.4, 0.5) is 11.5 Å². The summed E-state index contributed by atoms with van der Waals surface area (Å²) in [6.07, 6.45) is 4.69. The Morgan fingerprint density at radius 1 is 1.55 bits per heavy atom. The van der Waals surface area contributed by atoms with Crippen molar-refractivity contribution in [2.45, 2.75) is 6.54 Å². The smallest absolute Gasteiger partial charge is 0.145 e. The van der Waals surface area contributed by atoms with Crippen LogP contribution in [-0.4, -0.2) is 9.78 Å². The van der Waals surface area contributed by atoms with E-state index in [2.05, 4.69) is 5.10 Å². The van der Waals surface area contributed by atoms with Gasteiger partial charge >= 0.3 is 0 Å². The van der Waals surface area contributed by atoms with E-state index in [0.29, 0.717) is 18.1 Å². The van der Waals surface area contributed by atoms with Gasteiger partial charge in [0.05, 0.1) is 18.4 Å². The quantitative estimate of drug-likeness (QED) is 0.534. The highest BCUT2D eigenvalue weighted by Gasteiger charge is 2.00. The van der Waals surface area contributed by atoms with Crippen LogP contribution in [0.1, 0.15) is 0 Å². The molecule has 0 amide bonds. The van der Waals surface area contributed by atoms with Gasteiger partial charge in [-0.3, -0.25) is 0 Å². The third-order valence-electron chi connectivity index (χ3n) is 1.32. The lowest BCUT2D eigenvalue weighted by molar-refractivity contribution is 0.712. The van der Waals surface area contributed by atoms with Crippen molar-refractivity contribution in [1.82, 2.24) is 9.78 Å². The van der Waals surface area contributed by atoms with Crippen LogP contribution in [0, 0.1) is 0 Å². The number of nitrogen functional groups attached to an aromatic ring is 2. The number of hydrogen-bond donors (Lipinski definition) is 3. The lowest BCUT2D eigenvalue weighted by atomic mass is 10.5. The minimum Gasteiger partial charge on any atom is -0.405 e. The van der Waals surface area contributed by atoms with Crippen LogP contribution in [0.2, 0.25) is 0 Å². The van der Waals surface area contributed by atoms with E-state index >= 15 is 0 Å². The van der Waals surface area contributed by atoms with E-state index in [1.165, 1.54) is 12.4 Å². The fraction of sp³-hybridized carbons (Fsp3) is 0.167. The van der Waals surface area contributed by atoms with Crippen molar-refractivity contribution in [1.29, 1.82) is 0 Å². The second-order valence-corrected chi connectivity index (χ2v) is 2.10. The molecule has 6 N–H and O–H groups in total. The summed E-state index contributed by atoms with van der Waals surface area (Å²) in [7, 11) is 0. The summed E-state index contributed by atoms with van der Waals surface area (Å²) in [5, 5.41) is 3.91. The molecule has 0 bridgehead atoms. The highest BCUT2D eigenvalue weighted by atomic mass is 15.3. The predicted octanol–water partition coefficient (Wildman–Crippen LogP) is -0.480. The monoisotopic (exact) mass is 153 g/mol. The summed E-state index contributed by atoms with van der Waals surface area (Å²) in [5.74, 6) is 0.475. The maximum absolute atomic E-state index is 5.54. The Balaban J connectivity index is 2.78. The lowest BCUT2D eigenvalue weighted by Crippen LogP contribution is -2.04. The molecule has 5 heteroatoms. The van der Waals surface area contributed by atoms with Crippen LogP contribution in [0.25, 0.3) is 0 Å². The number of allylic oxidation sites excluding steroid dienone is 1. The average Bonchev–Trinajstić information content (AvgIpc) is 2.31. The average molecular weight is 153 g/mol. The Morgan fingerprint density at radius 3 is 2.73 bits per heavy atom. The summed E-state index contributed by atoms with van der Waals surface area (Å²) in [6.45, 7) is 0.555. The Labute approximate surface area is 64.5 Å². The molecule has 0 unspecified atom stereocenters. The van der Waals surface area contributed by atoms with Crippen LogP contribution in [-0.2, 0) is 6.54 Å². The van der Waals surface area contributed by atoms with E-state index in [4.69, 9.17) is 17.2 Å². The number of hydrogen-bond acceptors (Lipinski definition) is 4. The molecule has 1 rings (SSSR count). The first-order valence-electron chi connectivity index (χ1n) is 3.19. The second kappa shape index (κ2) is 2.96. The van der Waals surface area contributed by atoms with Gasteiger partial charge in [-0.2, -0.15) is 5.10 Å². The van der Waals surface area contributed by atoms with E-state index in [1.54, 1.807) is 10.8 Å². The van der Waals surface area contributed by atoms with Crippen molar-refractivity contribution in [2.24, 2.45) is 5.73 Å². The number of anilines is 2. The minimum atomic E-state index is 0.475. The first-order valence-corrected chi connectivity index (χ1v) is 3.19. The molecule has 0 radical (unpaired) electrons. The third-order valence-corrected chi connectivity index (χ3v) is 1.32. The zero-order valence-corrected chi connectivity index (χ0v) is 6.07. The van der Waals surface area contributed by atoms with Gasteiger partial charge < -0.3 is 17.2 Å². The molecule has 0 aliphatic rings. The van der Waals surface area contributed by atoms with Crippen LogP contribution >= 0.6 is 0 Å². The lowest BCUT2D eigenvalue weighted by Gasteiger charge is -1.98. The molecule has 1 aromatic heterocycles. The van der Waals surface area contributed by atoms with Gasteiger partial charge in [0.25, 0.3) is 0 Å². The summed E-state index contributed by atoms with van der Waals surface area (Å²) < 4.78 is 1.57. The largest absolute Gasteiger partial charge is 0.405 e. The first kappa shape index (κ1) is 7.46. The Hall–Kier alpha value is -1.65. The molecule has 5 nitrogen and oxygen atoms in total. The standard InChI is InChI=1S/C6H11N5/c7-2-1-3-11-6(9)5(8)4-10-11/h1-2,4H,3,7-9H2. The highest BCUT2D eigenvalue weighted by molar-refractivity contribution is 5.57. The third kappa shape index (κ3) is 1.43. The SMILES string of the molecule is NC=CCn1ncc(N)c1N. The number of aromatic nitrogens is 2. The van der Waals surface area contributed by atoms with E-state index in [9.17, 15) is 0 Å². The molecule has 0 aromatic carbocycles. The summed E-state index contributed by atoms with van der Waals surface area (Å²) in [5.41, 5.74) is 16.6. The number of nitrogens with zero attached hydrogens (tertiary/aromatic N) is 2. The fourth-order valence-corrected chi connectivity index (χ4v) is 0.715. The van der Waals surface area contributed by atoms with Gasteiger partial charge in [0, 0.05) is 0 Å². The zero-order valence-electron chi connectivity index (χ0n) is 6.07. The Bertz CT molecular complexity index is 262. The molecule has 0 atom stereocenters. The maximum atomic E-state index is 5.54. The van der Waals surface area contributed by atoms with Crippen molar-refractivity contribution >= 4 is 11.5 Å². The number of nitrogens with two attached hydrogens (primary N) is 3. The Kier molecular flexibility index (Phi) is 2.00. The molecule has 1 aromatic rings. The van der Waals surface area contributed by atoms with Crippen LogP contribution in [0.15, 0.2) is 18.5 Å². The molecule has 60 valence electrons. The van der Waals surface area contributed by atoms with Gasteiger partial charge in [0.15, 0.2) is 0 Å². The van der Waals surface area contributed by atoms with Crippen molar-refractivity contribution in [3.05, 3.63) is 18.5 Å². The second-order valence-electron chi connectivity index (χ2n) is 2.10. The van der Waals surface area contributed by atoms with Crippen LogP contribution < -0.4 is 17.2 Å². The molecule has 0 spiro atoms. The predicted molar refractivity (Wildman–Crippen MR) is 44.4 cm³/mol. The van der Waals surface area contributed by atoms with Gasteiger partial charge in [-0.15, -0.1) is 0 Å². The fourth-order valence-electron chi connectivity index (χ4n) is 0.715. The highest BCUT2D eigenvalue weighted by Crippen LogP contribution is 2.11. The summed E-state index contributed by atoms with van der Waals surface area (Å²) >= 11 is 0. The molecular weight excluding hydrogens is 142 g/mol. The normalized spacial score (nSPS) is 10.9. The molecule has 0 saturated heterocycles. The molecule has 1 heterocycles. The van der Waals surface area contributed by atoms with Gasteiger partial charge in [0.2, 0.25) is 0 Å². The minimum absolute atomic E-state index is 0.475. The molecule has 0 fully saturated rings. The van der Waals surface area contributed by atoms with Crippen molar-refractivity contribution in [2.75, 3.05) is 11.5 Å². The zero-order chi connectivity index (χ0) is 8.27. The summed E-state index contributed by atoms with van der Waals surface area (Å²) in [4.78, 5) is 0. The van der Waals surface area contributed by atoms with Crippen molar-refractivity contribution in [3.63, 3.8) is 0 Å². The topological polar surface area (TPSA) is 95.9 Å². The van der Waals surface area contributed by atoms with E-state index in [1.807, 2.05) is 0 Å². The van der Waals surface area contributed by atoms with Crippen LogP contribution in [0.5, 0.6) is 0 Å². The molecule has 11 heavy (non-hydrogen) atoms. The first-order chi connectivity index (χ1) is 5.25. The van der Waals surface area contributed by atoms with Gasteiger partial charge in [-0.25, -0.2) is 4.68 Å². The number of rotatable bonds is 2. The maximum Gasteiger partial charge on any atom is 0.145 e. The Morgan fingerprint density at radius 2 is 2.27 bits per heavy atom. The summed E-state index contributed by atoms with van der Waals surface area (Å²) in [6, 6.07) is 0. The molecular formula is C6H11N5. The van der Waals surface area contributed by atoms with Crippen molar-refractivity contribution < 1.29 is 0 Å². The van der Waals surface area contributed by atoms with Gasteiger partial charge in [-0.1, -0.05) is 0 Å². The van der Waals surface area contributed by atoms with Gasteiger partial charge in [-0.05, 0) is 12.3 Å². The van der Waals surface area contributed by atoms with E-state index < -0.39 is 0 Å². The van der Waals surface area contributed by atoms with Crippen molar-refractivity contribution in [3.8, 4) is 0 Å². The molecule has 0 saturated carbocycles. The van der Waals surface area contributed by atoms with Crippen LogP contribution in [0.3, 0.4) is 0 Å². The van der Waals surface area contributed by atoms with Gasteiger partial charge in [0.1, 0.15) is 5.82 Å². The van der Waals surface area contributed by atoms with E-state index in [-0.39, 0.29) is 0 Å².